The molecule has 1 amide bonds. The number of aliphatic hydroxyl groups excluding tert-OH is 1. The second kappa shape index (κ2) is 6.35. The van der Waals surface area contributed by atoms with E-state index in [1.54, 1.807) is 0 Å². The number of hydrogen-bond donors (Lipinski definition) is 4. The number of amides is 1. The molecule has 1 saturated carbocycles. The summed E-state index contributed by atoms with van der Waals surface area (Å²) in [4.78, 5) is 12.4. The highest BCUT2D eigenvalue weighted by molar-refractivity contribution is 5.96. The van der Waals surface area contributed by atoms with Crippen molar-refractivity contribution in [2.75, 3.05) is 23.7 Å². The van der Waals surface area contributed by atoms with Crippen molar-refractivity contribution in [3.63, 3.8) is 0 Å². The smallest absolute Gasteiger partial charge is 0.251 e. The van der Waals surface area contributed by atoms with Crippen molar-refractivity contribution >= 4 is 17.3 Å². The minimum atomic E-state index is -0.422. The molecule has 2 aliphatic rings. The van der Waals surface area contributed by atoms with E-state index in [2.05, 4.69) is 16.0 Å². The third kappa shape index (κ3) is 3.29. The van der Waals surface area contributed by atoms with Crippen molar-refractivity contribution in [1.82, 2.24) is 5.32 Å². The van der Waals surface area contributed by atoms with Crippen molar-refractivity contribution < 1.29 is 9.90 Å². The van der Waals surface area contributed by atoms with Gasteiger partial charge in [0.15, 0.2) is 0 Å². The van der Waals surface area contributed by atoms with E-state index >= 15 is 0 Å². The topological polar surface area (TPSA) is 73.4 Å². The van der Waals surface area contributed by atoms with Gasteiger partial charge in [-0.2, -0.15) is 0 Å². The molecule has 3 rings (SSSR count). The predicted molar refractivity (Wildman–Crippen MR) is 83.8 cm³/mol. The third-order valence-corrected chi connectivity index (χ3v) is 4.33. The SMILES string of the molecule is O=C(NC1CCCCCC1O)c1ccc2c(c1)NCCN2. The number of fused-ring (bicyclic) bond motifs is 1. The first kappa shape index (κ1) is 14.2. The number of aliphatic hydroxyl groups is 1. The molecule has 0 spiro atoms. The summed E-state index contributed by atoms with van der Waals surface area (Å²) in [5.74, 6) is -0.101. The monoisotopic (exact) mass is 289 g/mol. The van der Waals surface area contributed by atoms with Crippen LogP contribution in [-0.2, 0) is 0 Å². The molecule has 1 fully saturated rings. The second-order valence-corrected chi connectivity index (χ2v) is 5.90. The van der Waals surface area contributed by atoms with Crippen molar-refractivity contribution in [1.29, 1.82) is 0 Å². The van der Waals surface area contributed by atoms with Crippen LogP contribution >= 0.6 is 0 Å². The van der Waals surface area contributed by atoms with Gasteiger partial charge in [-0.25, -0.2) is 0 Å². The molecular formula is C16H23N3O2. The van der Waals surface area contributed by atoms with Gasteiger partial charge in [0, 0.05) is 18.7 Å². The normalized spacial score (nSPS) is 25.0. The van der Waals surface area contributed by atoms with Gasteiger partial charge in [-0.05, 0) is 31.0 Å². The number of anilines is 2. The molecule has 1 aromatic rings. The molecule has 5 heteroatoms. The first-order valence-electron chi connectivity index (χ1n) is 7.85. The lowest BCUT2D eigenvalue weighted by Gasteiger charge is -2.23. The zero-order valence-corrected chi connectivity index (χ0v) is 12.2. The summed E-state index contributed by atoms with van der Waals surface area (Å²) in [6.07, 6.45) is 4.46. The van der Waals surface area contributed by atoms with Gasteiger partial charge >= 0.3 is 0 Å². The number of hydrogen-bond acceptors (Lipinski definition) is 4. The Labute approximate surface area is 125 Å². The van der Waals surface area contributed by atoms with Crippen LogP contribution in [0.2, 0.25) is 0 Å². The number of carbonyl (C=O) groups is 1. The molecule has 0 radical (unpaired) electrons. The molecule has 0 aromatic heterocycles. The lowest BCUT2D eigenvalue weighted by Crippen LogP contribution is -2.42. The first-order valence-corrected chi connectivity index (χ1v) is 7.85. The van der Waals surface area contributed by atoms with Crippen LogP contribution in [0.25, 0.3) is 0 Å². The number of nitrogens with one attached hydrogen (secondary N) is 3. The average Bonchev–Trinajstić information content (AvgIpc) is 2.72. The van der Waals surface area contributed by atoms with Crippen LogP contribution in [0.5, 0.6) is 0 Å². The minimum absolute atomic E-state index is 0.101. The fourth-order valence-electron chi connectivity index (χ4n) is 3.09. The van der Waals surface area contributed by atoms with Crippen molar-refractivity contribution in [3.05, 3.63) is 23.8 Å². The largest absolute Gasteiger partial charge is 0.391 e. The van der Waals surface area contributed by atoms with E-state index in [4.69, 9.17) is 0 Å². The summed E-state index contributed by atoms with van der Waals surface area (Å²) in [7, 11) is 0. The molecule has 1 heterocycles. The molecule has 0 bridgehead atoms. The summed E-state index contributed by atoms with van der Waals surface area (Å²) >= 11 is 0. The highest BCUT2D eigenvalue weighted by atomic mass is 16.3. The van der Waals surface area contributed by atoms with Crippen LogP contribution in [0, 0.1) is 0 Å². The van der Waals surface area contributed by atoms with Crippen LogP contribution < -0.4 is 16.0 Å². The Bertz CT molecular complexity index is 518. The van der Waals surface area contributed by atoms with Crippen LogP contribution in [0.4, 0.5) is 11.4 Å². The Morgan fingerprint density at radius 2 is 1.86 bits per heavy atom. The summed E-state index contributed by atoms with van der Waals surface area (Å²) in [6, 6.07) is 5.51. The summed E-state index contributed by atoms with van der Waals surface area (Å²) < 4.78 is 0. The Kier molecular flexibility index (Phi) is 4.29. The predicted octanol–water partition coefficient (Wildman–Crippen LogP) is 1.95. The van der Waals surface area contributed by atoms with E-state index in [-0.39, 0.29) is 11.9 Å². The Morgan fingerprint density at radius 1 is 1.10 bits per heavy atom. The molecule has 2 atom stereocenters. The lowest BCUT2D eigenvalue weighted by atomic mass is 10.0. The van der Waals surface area contributed by atoms with Crippen molar-refractivity contribution in [3.8, 4) is 0 Å². The maximum absolute atomic E-state index is 12.4. The van der Waals surface area contributed by atoms with Crippen molar-refractivity contribution in [2.24, 2.45) is 0 Å². The summed E-state index contributed by atoms with van der Waals surface area (Å²) in [6.45, 7) is 1.76. The van der Waals surface area contributed by atoms with Crippen LogP contribution in [0.15, 0.2) is 18.2 Å². The van der Waals surface area contributed by atoms with E-state index < -0.39 is 6.10 Å². The van der Waals surface area contributed by atoms with Crippen LogP contribution in [-0.4, -0.2) is 36.2 Å². The van der Waals surface area contributed by atoms with Crippen LogP contribution in [0.1, 0.15) is 42.5 Å². The minimum Gasteiger partial charge on any atom is -0.391 e. The van der Waals surface area contributed by atoms with Gasteiger partial charge in [-0.3, -0.25) is 4.79 Å². The van der Waals surface area contributed by atoms with Gasteiger partial charge in [0.05, 0.1) is 23.5 Å². The average molecular weight is 289 g/mol. The quantitative estimate of drug-likeness (QED) is 0.628. The Balaban J connectivity index is 1.69. The van der Waals surface area contributed by atoms with Crippen LogP contribution in [0.3, 0.4) is 0 Å². The fraction of sp³-hybridized carbons (Fsp3) is 0.562. The van der Waals surface area contributed by atoms with E-state index in [0.29, 0.717) is 5.56 Å². The van der Waals surface area contributed by atoms with Gasteiger partial charge in [-0.15, -0.1) is 0 Å². The van der Waals surface area contributed by atoms with Gasteiger partial charge in [0.1, 0.15) is 0 Å². The number of rotatable bonds is 2. The maximum atomic E-state index is 12.4. The highest BCUT2D eigenvalue weighted by Crippen LogP contribution is 2.25. The molecule has 1 aromatic carbocycles. The highest BCUT2D eigenvalue weighted by Gasteiger charge is 2.24. The molecule has 5 nitrogen and oxygen atoms in total. The lowest BCUT2D eigenvalue weighted by molar-refractivity contribution is 0.0819. The van der Waals surface area contributed by atoms with E-state index in [1.165, 1.54) is 0 Å². The molecule has 114 valence electrons. The molecule has 2 unspecified atom stereocenters. The number of benzene rings is 1. The van der Waals surface area contributed by atoms with Gasteiger partial charge in [-0.1, -0.05) is 19.3 Å². The van der Waals surface area contributed by atoms with E-state index in [1.807, 2.05) is 18.2 Å². The zero-order valence-electron chi connectivity index (χ0n) is 12.2. The van der Waals surface area contributed by atoms with Gasteiger partial charge in [0.2, 0.25) is 0 Å². The van der Waals surface area contributed by atoms with E-state index in [9.17, 15) is 9.90 Å². The molecule has 1 aliphatic carbocycles. The standard InChI is InChI=1S/C16H23N3O2/c20-15-5-3-1-2-4-13(15)19-16(21)11-6-7-12-14(10-11)18-9-8-17-12/h6-7,10,13,15,17-18,20H,1-5,8-9H2,(H,19,21). The molecule has 4 N–H and O–H groups in total. The molecular weight excluding hydrogens is 266 g/mol. The molecule has 1 aliphatic heterocycles. The van der Waals surface area contributed by atoms with Gasteiger partial charge < -0.3 is 21.1 Å². The first-order chi connectivity index (χ1) is 10.2. The number of carbonyl (C=O) groups excluding carboxylic acids is 1. The molecule has 21 heavy (non-hydrogen) atoms. The maximum Gasteiger partial charge on any atom is 0.251 e. The zero-order chi connectivity index (χ0) is 14.7. The molecule has 0 saturated heterocycles. The van der Waals surface area contributed by atoms with Gasteiger partial charge in [0.25, 0.3) is 5.91 Å². The Morgan fingerprint density at radius 3 is 2.71 bits per heavy atom. The third-order valence-electron chi connectivity index (χ3n) is 4.33. The summed E-state index contributed by atoms with van der Waals surface area (Å²) in [5, 5.41) is 19.7. The Hall–Kier alpha value is -1.75. The summed E-state index contributed by atoms with van der Waals surface area (Å²) in [5.41, 5.74) is 2.64. The van der Waals surface area contributed by atoms with E-state index in [0.717, 1.165) is 56.6 Å². The van der Waals surface area contributed by atoms with Crippen molar-refractivity contribution in [2.45, 2.75) is 44.2 Å². The second-order valence-electron chi connectivity index (χ2n) is 5.90. The fourth-order valence-corrected chi connectivity index (χ4v) is 3.09.